The second-order valence-corrected chi connectivity index (χ2v) is 2.38. The molecule has 2 heteroatoms. The normalized spacial score (nSPS) is 25.2. The van der Waals surface area contributed by atoms with Crippen molar-refractivity contribution >= 4 is 0 Å². The van der Waals surface area contributed by atoms with E-state index in [1.165, 1.54) is 6.08 Å². The third-order valence-electron chi connectivity index (χ3n) is 1.40. The number of hydrogen-bond acceptors (Lipinski definition) is 1. The summed E-state index contributed by atoms with van der Waals surface area (Å²) in [6.07, 6.45) is 6.63. The summed E-state index contributed by atoms with van der Waals surface area (Å²) >= 11 is 0. The van der Waals surface area contributed by atoms with Crippen molar-refractivity contribution in [2.75, 3.05) is 0 Å². The summed E-state index contributed by atoms with van der Waals surface area (Å²) in [6.45, 7) is 1.97. The highest BCUT2D eigenvalue weighted by atomic mass is 19.1. The van der Waals surface area contributed by atoms with Crippen LogP contribution >= 0.6 is 0 Å². The molecule has 1 rings (SSSR count). The Hall–Kier alpha value is -1.05. The first-order chi connectivity index (χ1) is 4.70. The quantitative estimate of drug-likeness (QED) is 0.545. The van der Waals surface area contributed by atoms with Crippen molar-refractivity contribution in [3.8, 4) is 0 Å². The zero-order valence-electron chi connectivity index (χ0n) is 5.84. The van der Waals surface area contributed by atoms with Gasteiger partial charge in [0.15, 0.2) is 0 Å². The van der Waals surface area contributed by atoms with Crippen LogP contribution in [0.3, 0.4) is 0 Å². The first-order valence-corrected chi connectivity index (χ1v) is 3.22. The van der Waals surface area contributed by atoms with Crippen LogP contribution in [0.5, 0.6) is 0 Å². The van der Waals surface area contributed by atoms with Crippen molar-refractivity contribution < 1.29 is 4.39 Å². The van der Waals surface area contributed by atoms with Crippen LogP contribution in [0.25, 0.3) is 0 Å². The molecule has 1 nitrogen and oxygen atoms in total. The van der Waals surface area contributed by atoms with Crippen LogP contribution in [0, 0.1) is 5.92 Å². The molecule has 0 saturated carbocycles. The highest BCUT2D eigenvalue weighted by molar-refractivity contribution is 5.30. The fraction of sp³-hybridized carbons (Fsp3) is 0.250. The van der Waals surface area contributed by atoms with Crippen LogP contribution < -0.4 is 5.73 Å². The van der Waals surface area contributed by atoms with Crippen molar-refractivity contribution in [2.24, 2.45) is 11.7 Å². The minimum absolute atomic E-state index is 0.209. The molecule has 0 amide bonds. The lowest BCUT2D eigenvalue weighted by Crippen LogP contribution is -1.93. The number of allylic oxidation sites excluding steroid dienone is 5. The lowest BCUT2D eigenvalue weighted by atomic mass is 10.2. The Bertz CT molecular complexity index is 191. The first kappa shape index (κ1) is 7.06. The molecule has 54 valence electrons. The van der Waals surface area contributed by atoms with E-state index in [1.807, 2.05) is 13.0 Å². The SMILES string of the molecule is CC1C=CC(N)=C(F)C=C1. The number of nitrogens with two attached hydrogens (primary N) is 1. The fourth-order valence-electron chi connectivity index (χ4n) is 0.732. The van der Waals surface area contributed by atoms with Crippen molar-refractivity contribution in [3.05, 3.63) is 35.8 Å². The van der Waals surface area contributed by atoms with Gasteiger partial charge in [0.05, 0.1) is 5.70 Å². The van der Waals surface area contributed by atoms with Crippen LogP contribution in [0.15, 0.2) is 35.8 Å². The zero-order chi connectivity index (χ0) is 7.56. The van der Waals surface area contributed by atoms with Crippen LogP contribution in [0.4, 0.5) is 4.39 Å². The van der Waals surface area contributed by atoms with Crippen LogP contribution in [0.2, 0.25) is 0 Å². The summed E-state index contributed by atoms with van der Waals surface area (Å²) in [6, 6.07) is 0. The molecule has 0 aromatic rings. The summed E-state index contributed by atoms with van der Waals surface area (Å²) in [5.74, 6) is -0.0765. The van der Waals surface area contributed by atoms with Gasteiger partial charge in [-0.3, -0.25) is 0 Å². The highest BCUT2D eigenvalue weighted by Gasteiger charge is 2.00. The number of hydrogen-bond donors (Lipinski definition) is 1. The van der Waals surface area contributed by atoms with E-state index in [1.54, 1.807) is 12.2 Å². The van der Waals surface area contributed by atoms with Gasteiger partial charge in [-0.2, -0.15) is 0 Å². The largest absolute Gasteiger partial charge is 0.396 e. The van der Waals surface area contributed by atoms with Crippen molar-refractivity contribution in [3.63, 3.8) is 0 Å². The van der Waals surface area contributed by atoms with Gasteiger partial charge in [0, 0.05) is 0 Å². The summed E-state index contributed by atoms with van der Waals surface area (Å²) in [7, 11) is 0. The Morgan fingerprint density at radius 1 is 1.40 bits per heavy atom. The van der Waals surface area contributed by atoms with E-state index in [2.05, 4.69) is 0 Å². The molecule has 10 heavy (non-hydrogen) atoms. The Kier molecular flexibility index (Phi) is 1.90. The van der Waals surface area contributed by atoms with E-state index >= 15 is 0 Å². The molecule has 0 radical (unpaired) electrons. The molecule has 0 fully saturated rings. The molecule has 1 aliphatic rings. The molecule has 1 unspecified atom stereocenters. The molecule has 0 saturated heterocycles. The Balaban J connectivity index is 2.91. The van der Waals surface area contributed by atoms with Crippen LogP contribution in [-0.4, -0.2) is 0 Å². The van der Waals surface area contributed by atoms with Crippen LogP contribution in [0.1, 0.15) is 6.92 Å². The maximum atomic E-state index is 12.6. The average molecular weight is 139 g/mol. The summed E-state index contributed by atoms with van der Waals surface area (Å²) in [4.78, 5) is 0. The van der Waals surface area contributed by atoms with E-state index in [0.29, 0.717) is 0 Å². The first-order valence-electron chi connectivity index (χ1n) is 3.22. The van der Waals surface area contributed by atoms with E-state index in [9.17, 15) is 4.39 Å². The highest BCUT2D eigenvalue weighted by Crippen LogP contribution is 2.12. The topological polar surface area (TPSA) is 26.0 Å². The second kappa shape index (κ2) is 2.69. The van der Waals surface area contributed by atoms with Gasteiger partial charge in [0.1, 0.15) is 5.83 Å². The summed E-state index contributed by atoms with van der Waals surface area (Å²) in [5, 5.41) is 0. The molecule has 0 bridgehead atoms. The minimum atomic E-state index is -0.347. The van der Waals surface area contributed by atoms with Crippen molar-refractivity contribution in [1.29, 1.82) is 0 Å². The van der Waals surface area contributed by atoms with Gasteiger partial charge in [0.25, 0.3) is 0 Å². The third kappa shape index (κ3) is 1.47. The van der Waals surface area contributed by atoms with Gasteiger partial charge in [-0.15, -0.1) is 0 Å². The van der Waals surface area contributed by atoms with E-state index in [0.717, 1.165) is 0 Å². The summed E-state index contributed by atoms with van der Waals surface area (Å²) < 4.78 is 12.6. The van der Waals surface area contributed by atoms with Crippen molar-refractivity contribution in [2.45, 2.75) is 6.92 Å². The molecule has 0 aliphatic heterocycles. The van der Waals surface area contributed by atoms with Gasteiger partial charge >= 0.3 is 0 Å². The van der Waals surface area contributed by atoms with Gasteiger partial charge in [-0.1, -0.05) is 19.1 Å². The Morgan fingerprint density at radius 2 is 2.00 bits per heavy atom. The smallest absolute Gasteiger partial charge is 0.145 e. The van der Waals surface area contributed by atoms with Crippen LogP contribution in [-0.2, 0) is 0 Å². The number of halogens is 1. The predicted octanol–water partition coefficient (Wildman–Crippen LogP) is 1.89. The van der Waals surface area contributed by atoms with Gasteiger partial charge in [0.2, 0.25) is 0 Å². The molecule has 1 atom stereocenters. The summed E-state index contributed by atoms with van der Waals surface area (Å²) in [5.41, 5.74) is 5.52. The molecule has 0 aromatic heterocycles. The molecular formula is C8H10FN. The molecule has 0 heterocycles. The van der Waals surface area contributed by atoms with E-state index < -0.39 is 0 Å². The fourth-order valence-corrected chi connectivity index (χ4v) is 0.732. The minimum Gasteiger partial charge on any atom is -0.396 e. The maximum Gasteiger partial charge on any atom is 0.145 e. The molecular weight excluding hydrogens is 129 g/mol. The Labute approximate surface area is 59.7 Å². The van der Waals surface area contributed by atoms with Crippen molar-refractivity contribution in [1.82, 2.24) is 0 Å². The molecule has 0 spiro atoms. The molecule has 2 N–H and O–H groups in total. The van der Waals surface area contributed by atoms with Gasteiger partial charge in [-0.05, 0) is 18.1 Å². The number of rotatable bonds is 0. The lowest BCUT2D eigenvalue weighted by Gasteiger charge is -1.91. The average Bonchev–Trinajstić information content (AvgIpc) is 2.04. The van der Waals surface area contributed by atoms with Gasteiger partial charge in [-0.25, -0.2) is 4.39 Å². The third-order valence-corrected chi connectivity index (χ3v) is 1.40. The standard InChI is InChI=1S/C8H10FN/c1-6-2-4-7(9)8(10)5-3-6/h2-6H,10H2,1H3. The Morgan fingerprint density at radius 3 is 2.70 bits per heavy atom. The second-order valence-electron chi connectivity index (χ2n) is 2.38. The van der Waals surface area contributed by atoms with E-state index in [4.69, 9.17) is 5.73 Å². The monoisotopic (exact) mass is 139 g/mol. The zero-order valence-corrected chi connectivity index (χ0v) is 5.84. The van der Waals surface area contributed by atoms with E-state index in [-0.39, 0.29) is 17.4 Å². The molecule has 1 aliphatic carbocycles. The maximum absolute atomic E-state index is 12.6. The van der Waals surface area contributed by atoms with Gasteiger partial charge < -0.3 is 5.73 Å². The predicted molar refractivity (Wildman–Crippen MR) is 39.8 cm³/mol. The molecule has 0 aromatic carbocycles. The lowest BCUT2D eigenvalue weighted by molar-refractivity contribution is 0.656.